The van der Waals surface area contributed by atoms with Crippen LogP contribution in [0.1, 0.15) is 17.6 Å². The highest BCUT2D eigenvalue weighted by atomic mass is 32.2. The Kier molecular flexibility index (Phi) is 4.95. The molecule has 1 aromatic carbocycles. The summed E-state index contributed by atoms with van der Waals surface area (Å²) in [6.45, 7) is 0.263. The molecule has 4 rings (SSSR count). The number of fused-ring (bicyclic) bond motifs is 1. The molecule has 0 spiro atoms. The molecule has 3 aromatic rings. The first-order chi connectivity index (χ1) is 13.2. The Hall–Kier alpha value is -3.03. The molecule has 8 nitrogen and oxygen atoms in total. The van der Waals surface area contributed by atoms with Gasteiger partial charge in [0, 0.05) is 0 Å². The molecule has 1 amide bonds. The van der Waals surface area contributed by atoms with E-state index in [2.05, 4.69) is 15.5 Å². The number of anilines is 1. The molecule has 0 aliphatic carbocycles. The molecule has 1 N–H and O–H groups in total. The van der Waals surface area contributed by atoms with Crippen LogP contribution >= 0.6 is 23.1 Å². The molecule has 136 valence electrons. The number of ether oxygens (including phenoxy) is 2. The van der Waals surface area contributed by atoms with Crippen molar-refractivity contribution in [2.45, 2.75) is 11.3 Å². The highest BCUT2D eigenvalue weighted by Gasteiger charge is 2.27. The van der Waals surface area contributed by atoms with E-state index in [0.29, 0.717) is 22.1 Å². The molecule has 3 heterocycles. The number of rotatable bonds is 5. The number of benzene rings is 1. The quantitative estimate of drug-likeness (QED) is 0.650. The van der Waals surface area contributed by atoms with Crippen molar-refractivity contribution in [1.82, 2.24) is 10.2 Å². The van der Waals surface area contributed by atoms with E-state index in [1.54, 1.807) is 17.5 Å². The second-order valence-electron chi connectivity index (χ2n) is 5.38. The van der Waals surface area contributed by atoms with Gasteiger partial charge in [-0.2, -0.15) is 5.26 Å². The molecule has 0 fully saturated rings. The summed E-state index contributed by atoms with van der Waals surface area (Å²) in [5.41, 5.74) is 0.438. The van der Waals surface area contributed by atoms with E-state index in [1.165, 1.54) is 11.3 Å². The summed E-state index contributed by atoms with van der Waals surface area (Å²) in [5, 5.41) is 22.1. The highest BCUT2D eigenvalue weighted by molar-refractivity contribution is 7.99. The number of nitrogens with one attached hydrogen (secondary N) is 1. The Labute approximate surface area is 162 Å². The van der Waals surface area contributed by atoms with Crippen molar-refractivity contribution in [2.24, 2.45) is 0 Å². The first-order valence-corrected chi connectivity index (χ1v) is 9.71. The summed E-state index contributed by atoms with van der Waals surface area (Å²) in [5.74, 6) is 1.40. The average molecular weight is 400 g/mol. The normalized spacial score (nSPS) is 15.1. The van der Waals surface area contributed by atoms with Gasteiger partial charge in [0.15, 0.2) is 11.5 Å². The Balaban J connectivity index is 1.34. The molecule has 1 aliphatic rings. The van der Waals surface area contributed by atoms with Crippen molar-refractivity contribution in [1.29, 1.82) is 5.26 Å². The van der Waals surface area contributed by atoms with Crippen molar-refractivity contribution in [3.05, 3.63) is 47.2 Å². The number of para-hydroxylation sites is 2. The number of carbonyl (C=O) groups excluding carboxylic acids is 1. The average Bonchev–Trinajstić information content (AvgIpc) is 3.35. The van der Waals surface area contributed by atoms with Gasteiger partial charge in [-0.15, -0.1) is 21.5 Å². The maximum atomic E-state index is 12.0. The molecule has 1 atom stereocenters. The molecule has 2 aromatic heterocycles. The zero-order valence-corrected chi connectivity index (χ0v) is 15.4. The lowest BCUT2D eigenvalue weighted by Gasteiger charge is -2.23. The number of hydrogen-bond acceptors (Lipinski definition) is 9. The van der Waals surface area contributed by atoms with E-state index in [4.69, 9.17) is 19.2 Å². The smallest absolute Gasteiger partial charge is 0.277 e. The number of carbonyl (C=O) groups is 1. The van der Waals surface area contributed by atoms with Crippen molar-refractivity contribution in [3.63, 3.8) is 0 Å². The van der Waals surface area contributed by atoms with Crippen LogP contribution in [0.25, 0.3) is 0 Å². The lowest BCUT2D eigenvalue weighted by molar-refractivity contribution is -0.113. The fraction of sp³-hybridized carbons (Fsp3) is 0.176. The van der Waals surface area contributed by atoms with Crippen molar-refractivity contribution in [3.8, 4) is 17.6 Å². The second-order valence-corrected chi connectivity index (χ2v) is 7.23. The molecule has 0 radical (unpaired) electrons. The molecule has 0 bridgehead atoms. The SMILES string of the molecule is N#Cc1ccsc1NC(=O)CSc1nnc([C@H]2COc3ccccc3O2)o1. The van der Waals surface area contributed by atoms with E-state index in [0.717, 1.165) is 11.8 Å². The summed E-state index contributed by atoms with van der Waals surface area (Å²) >= 11 is 2.40. The molecule has 27 heavy (non-hydrogen) atoms. The predicted octanol–water partition coefficient (Wildman–Crippen LogP) is 3.25. The summed E-state index contributed by atoms with van der Waals surface area (Å²) in [6, 6.07) is 11.0. The van der Waals surface area contributed by atoms with Gasteiger partial charge >= 0.3 is 0 Å². The van der Waals surface area contributed by atoms with Gasteiger partial charge in [0.25, 0.3) is 11.1 Å². The fourth-order valence-corrected chi connectivity index (χ4v) is 3.66. The van der Waals surface area contributed by atoms with Gasteiger partial charge in [-0.3, -0.25) is 4.79 Å². The minimum Gasteiger partial charge on any atom is -0.485 e. The van der Waals surface area contributed by atoms with E-state index < -0.39 is 6.10 Å². The van der Waals surface area contributed by atoms with E-state index in [9.17, 15) is 4.79 Å². The van der Waals surface area contributed by atoms with Gasteiger partial charge in [0.05, 0.1) is 11.3 Å². The molecule has 0 unspecified atom stereocenters. The third kappa shape index (κ3) is 3.89. The van der Waals surface area contributed by atoms with Gasteiger partial charge in [-0.1, -0.05) is 23.9 Å². The van der Waals surface area contributed by atoms with Gasteiger partial charge in [0.1, 0.15) is 17.7 Å². The van der Waals surface area contributed by atoms with Crippen LogP contribution in [-0.4, -0.2) is 28.5 Å². The molecule has 0 saturated heterocycles. The third-order valence-corrected chi connectivity index (χ3v) is 5.22. The monoisotopic (exact) mass is 400 g/mol. The summed E-state index contributed by atoms with van der Waals surface area (Å²) < 4.78 is 17.0. The van der Waals surface area contributed by atoms with Gasteiger partial charge in [-0.05, 0) is 23.6 Å². The van der Waals surface area contributed by atoms with Crippen LogP contribution in [0.3, 0.4) is 0 Å². The summed E-state index contributed by atoms with van der Waals surface area (Å²) in [4.78, 5) is 12.0. The minimum atomic E-state index is -0.500. The van der Waals surface area contributed by atoms with Crippen LogP contribution in [0.15, 0.2) is 45.4 Å². The van der Waals surface area contributed by atoms with Crippen LogP contribution in [0.2, 0.25) is 0 Å². The zero-order chi connectivity index (χ0) is 18.6. The van der Waals surface area contributed by atoms with Crippen LogP contribution < -0.4 is 14.8 Å². The van der Waals surface area contributed by atoms with E-state index in [-0.39, 0.29) is 29.4 Å². The topological polar surface area (TPSA) is 110 Å². The lowest BCUT2D eigenvalue weighted by atomic mass is 10.2. The van der Waals surface area contributed by atoms with E-state index >= 15 is 0 Å². The Morgan fingerprint density at radius 2 is 2.19 bits per heavy atom. The first kappa shape index (κ1) is 17.4. The number of aromatic nitrogens is 2. The van der Waals surface area contributed by atoms with Crippen molar-refractivity contribution in [2.75, 3.05) is 17.7 Å². The van der Waals surface area contributed by atoms with Crippen LogP contribution in [0, 0.1) is 11.3 Å². The van der Waals surface area contributed by atoms with Crippen LogP contribution in [0.4, 0.5) is 5.00 Å². The fourth-order valence-electron chi connectivity index (χ4n) is 2.33. The second kappa shape index (κ2) is 7.69. The number of nitriles is 1. The van der Waals surface area contributed by atoms with Crippen molar-refractivity contribution >= 4 is 34.0 Å². The number of nitrogens with zero attached hydrogens (tertiary/aromatic N) is 3. The first-order valence-electron chi connectivity index (χ1n) is 7.85. The van der Waals surface area contributed by atoms with Gasteiger partial charge in [0.2, 0.25) is 12.0 Å². The Morgan fingerprint density at radius 1 is 1.33 bits per heavy atom. The predicted molar refractivity (Wildman–Crippen MR) is 98.0 cm³/mol. The van der Waals surface area contributed by atoms with E-state index in [1.807, 2.05) is 24.3 Å². The number of hydrogen-bond donors (Lipinski definition) is 1. The number of thiophene rings is 1. The van der Waals surface area contributed by atoms with Crippen LogP contribution in [-0.2, 0) is 4.79 Å². The minimum absolute atomic E-state index is 0.0786. The third-order valence-electron chi connectivity index (χ3n) is 3.57. The zero-order valence-electron chi connectivity index (χ0n) is 13.7. The molecule has 0 saturated carbocycles. The Morgan fingerprint density at radius 3 is 3.04 bits per heavy atom. The molecule has 10 heteroatoms. The Bertz CT molecular complexity index is 1010. The van der Waals surface area contributed by atoms with Crippen LogP contribution in [0.5, 0.6) is 11.5 Å². The maximum absolute atomic E-state index is 12.0. The van der Waals surface area contributed by atoms with Crippen molar-refractivity contribution < 1.29 is 18.7 Å². The van der Waals surface area contributed by atoms with Gasteiger partial charge < -0.3 is 19.2 Å². The largest absolute Gasteiger partial charge is 0.485 e. The maximum Gasteiger partial charge on any atom is 0.277 e. The lowest BCUT2D eigenvalue weighted by Crippen LogP contribution is -2.21. The summed E-state index contributed by atoms with van der Waals surface area (Å²) in [7, 11) is 0. The molecular weight excluding hydrogens is 388 g/mol. The molecular formula is C17H12N4O4S2. The summed E-state index contributed by atoms with van der Waals surface area (Å²) in [6.07, 6.45) is -0.500. The number of thioether (sulfide) groups is 1. The number of amides is 1. The van der Waals surface area contributed by atoms with Gasteiger partial charge in [-0.25, -0.2) is 0 Å². The highest BCUT2D eigenvalue weighted by Crippen LogP contribution is 2.36. The molecule has 1 aliphatic heterocycles. The standard InChI is InChI=1S/C17H12N4O4S2/c18-7-10-5-6-26-16(10)19-14(22)9-27-17-21-20-15(25-17)13-8-23-11-3-1-2-4-12(11)24-13/h1-6,13H,8-9H2,(H,19,22)/t13-/m1/s1.